The molecule has 1 saturated carbocycles. The lowest BCUT2D eigenvalue weighted by molar-refractivity contribution is -0.136. The first-order chi connectivity index (χ1) is 15.0. The Kier molecular flexibility index (Phi) is 5.14. The van der Waals surface area contributed by atoms with Gasteiger partial charge in [0.05, 0.1) is 11.1 Å². The molecule has 3 aliphatic heterocycles. The first-order valence-corrected chi connectivity index (χ1v) is 11.3. The van der Waals surface area contributed by atoms with E-state index in [1.165, 1.54) is 19.3 Å². The Hall–Kier alpha value is -2.58. The molecular weight excluding hydrogens is 396 g/mol. The minimum atomic E-state index is -0.929. The number of imide groups is 2. The van der Waals surface area contributed by atoms with Crippen molar-refractivity contribution in [3.05, 3.63) is 34.9 Å². The molecule has 0 bridgehead atoms. The van der Waals surface area contributed by atoms with Gasteiger partial charge in [-0.1, -0.05) is 31.4 Å². The molecule has 3 heterocycles. The van der Waals surface area contributed by atoms with Crippen LogP contribution < -0.4 is 10.6 Å². The van der Waals surface area contributed by atoms with Gasteiger partial charge in [-0.15, -0.1) is 0 Å². The van der Waals surface area contributed by atoms with Gasteiger partial charge in [0.2, 0.25) is 11.8 Å². The zero-order valence-electron chi connectivity index (χ0n) is 17.6. The van der Waals surface area contributed by atoms with E-state index < -0.39 is 23.8 Å². The maximum atomic E-state index is 13.4. The molecule has 8 nitrogen and oxygen atoms in total. The van der Waals surface area contributed by atoms with Crippen molar-refractivity contribution in [1.29, 1.82) is 0 Å². The number of piperidine rings is 1. The molecule has 4 amide bonds. The van der Waals surface area contributed by atoms with Crippen molar-refractivity contribution < 1.29 is 19.2 Å². The van der Waals surface area contributed by atoms with Gasteiger partial charge in [0, 0.05) is 38.1 Å². The smallest absolute Gasteiger partial charge is 0.262 e. The summed E-state index contributed by atoms with van der Waals surface area (Å²) in [6.07, 6.45) is 6.28. The number of fused-ring (bicyclic) bond motifs is 1. The minimum absolute atomic E-state index is 0.105. The van der Waals surface area contributed by atoms with Crippen LogP contribution in [-0.2, 0) is 16.1 Å². The van der Waals surface area contributed by atoms with Crippen LogP contribution in [0, 0.1) is 0 Å². The highest BCUT2D eigenvalue weighted by Gasteiger charge is 2.46. The van der Waals surface area contributed by atoms with Crippen LogP contribution in [0.5, 0.6) is 0 Å². The van der Waals surface area contributed by atoms with Crippen molar-refractivity contribution in [3.8, 4) is 0 Å². The minimum Gasteiger partial charge on any atom is -0.314 e. The highest BCUT2D eigenvalue weighted by molar-refractivity contribution is 6.24. The molecule has 1 unspecified atom stereocenters. The lowest BCUT2D eigenvalue weighted by Crippen LogP contribution is -2.61. The number of nitrogens with zero attached hydrogens (tertiary/aromatic N) is 2. The third-order valence-corrected chi connectivity index (χ3v) is 7.38. The third kappa shape index (κ3) is 3.38. The summed E-state index contributed by atoms with van der Waals surface area (Å²) < 4.78 is 0. The van der Waals surface area contributed by atoms with Gasteiger partial charge in [-0.3, -0.25) is 34.3 Å². The number of carbonyl (C=O) groups is 4. The van der Waals surface area contributed by atoms with E-state index in [-0.39, 0.29) is 24.3 Å². The second-order valence-corrected chi connectivity index (χ2v) is 9.17. The summed E-state index contributed by atoms with van der Waals surface area (Å²) in [6, 6.07) is 4.49. The normalized spacial score (nSPS) is 26.3. The predicted molar refractivity (Wildman–Crippen MR) is 112 cm³/mol. The van der Waals surface area contributed by atoms with E-state index in [0.29, 0.717) is 17.7 Å². The summed E-state index contributed by atoms with van der Waals surface area (Å²) in [6.45, 7) is 3.39. The molecule has 164 valence electrons. The molecule has 1 aromatic carbocycles. The zero-order chi connectivity index (χ0) is 21.6. The van der Waals surface area contributed by atoms with Gasteiger partial charge in [0.25, 0.3) is 11.8 Å². The molecule has 8 heteroatoms. The molecule has 1 aromatic rings. The number of piperazine rings is 1. The Bertz CT molecular complexity index is 945. The lowest BCUT2D eigenvalue weighted by Gasteiger charge is -2.50. The monoisotopic (exact) mass is 424 g/mol. The standard InChI is InChI=1S/C23H28N4O4/c28-18-8-7-17(20(29)25-18)27-21(30)16-6-4-5-15(19(16)22(27)31)13-26-12-11-24-14-23(26)9-2-1-3-10-23/h4-6,17,24H,1-3,7-14H2,(H,25,28,29). The van der Waals surface area contributed by atoms with Gasteiger partial charge in [-0.2, -0.15) is 0 Å². The van der Waals surface area contributed by atoms with Crippen molar-refractivity contribution in [3.63, 3.8) is 0 Å². The Morgan fingerprint density at radius 3 is 2.61 bits per heavy atom. The number of rotatable bonds is 3. The zero-order valence-corrected chi connectivity index (χ0v) is 17.6. The van der Waals surface area contributed by atoms with Crippen molar-refractivity contribution in [2.75, 3.05) is 19.6 Å². The van der Waals surface area contributed by atoms with E-state index in [0.717, 1.165) is 42.9 Å². The van der Waals surface area contributed by atoms with E-state index in [1.807, 2.05) is 12.1 Å². The van der Waals surface area contributed by atoms with Crippen molar-refractivity contribution in [1.82, 2.24) is 20.4 Å². The molecule has 1 aliphatic carbocycles. The second kappa shape index (κ2) is 7.84. The maximum absolute atomic E-state index is 13.4. The summed E-state index contributed by atoms with van der Waals surface area (Å²) in [7, 11) is 0. The van der Waals surface area contributed by atoms with Crippen LogP contribution in [0.3, 0.4) is 0 Å². The molecule has 31 heavy (non-hydrogen) atoms. The number of hydrogen-bond donors (Lipinski definition) is 2. The van der Waals surface area contributed by atoms with Crippen LogP contribution in [-0.4, -0.2) is 64.6 Å². The molecule has 0 radical (unpaired) electrons. The van der Waals surface area contributed by atoms with Crippen LogP contribution >= 0.6 is 0 Å². The fraction of sp³-hybridized carbons (Fsp3) is 0.565. The number of benzene rings is 1. The fourth-order valence-electron chi connectivity index (χ4n) is 5.76. The Morgan fingerprint density at radius 1 is 1.03 bits per heavy atom. The second-order valence-electron chi connectivity index (χ2n) is 9.17. The Morgan fingerprint density at radius 2 is 1.84 bits per heavy atom. The molecule has 3 fully saturated rings. The predicted octanol–water partition coefficient (Wildman–Crippen LogP) is 1.20. The van der Waals surface area contributed by atoms with Crippen LogP contribution in [0.4, 0.5) is 0 Å². The molecule has 1 spiro atoms. The van der Waals surface area contributed by atoms with Gasteiger partial charge in [0.1, 0.15) is 6.04 Å². The van der Waals surface area contributed by atoms with Crippen molar-refractivity contribution >= 4 is 23.6 Å². The topological polar surface area (TPSA) is 98.8 Å². The SMILES string of the molecule is O=C1CCC(N2C(=O)c3cccc(CN4CCNCC45CCCCC5)c3C2=O)C(=O)N1. The molecule has 1 atom stereocenters. The van der Waals surface area contributed by atoms with Gasteiger partial charge in [-0.25, -0.2) is 0 Å². The van der Waals surface area contributed by atoms with E-state index in [1.54, 1.807) is 6.07 Å². The number of nitrogens with one attached hydrogen (secondary N) is 2. The Labute approximate surface area is 181 Å². The van der Waals surface area contributed by atoms with Crippen molar-refractivity contribution in [2.45, 2.75) is 63.1 Å². The maximum Gasteiger partial charge on any atom is 0.262 e. The van der Waals surface area contributed by atoms with Gasteiger partial charge in [0.15, 0.2) is 0 Å². The highest BCUT2D eigenvalue weighted by atomic mass is 16.2. The summed E-state index contributed by atoms with van der Waals surface area (Å²) in [5.74, 6) is -1.80. The largest absolute Gasteiger partial charge is 0.314 e. The van der Waals surface area contributed by atoms with Gasteiger partial charge >= 0.3 is 0 Å². The molecule has 2 N–H and O–H groups in total. The van der Waals surface area contributed by atoms with Crippen LogP contribution in [0.25, 0.3) is 0 Å². The Balaban J connectivity index is 1.44. The third-order valence-electron chi connectivity index (χ3n) is 7.38. The summed E-state index contributed by atoms with van der Waals surface area (Å²) in [4.78, 5) is 53.9. The average Bonchev–Trinajstić information content (AvgIpc) is 3.02. The van der Waals surface area contributed by atoms with Gasteiger partial charge < -0.3 is 5.32 Å². The quantitative estimate of drug-likeness (QED) is 0.708. The van der Waals surface area contributed by atoms with E-state index in [4.69, 9.17) is 0 Å². The molecule has 2 saturated heterocycles. The summed E-state index contributed by atoms with van der Waals surface area (Å²) >= 11 is 0. The highest BCUT2D eigenvalue weighted by Crippen LogP contribution is 2.37. The van der Waals surface area contributed by atoms with E-state index in [2.05, 4.69) is 15.5 Å². The summed E-state index contributed by atoms with van der Waals surface area (Å²) in [5, 5.41) is 5.80. The molecule has 5 rings (SSSR count). The first kappa shape index (κ1) is 20.3. The number of carbonyl (C=O) groups excluding carboxylic acids is 4. The fourth-order valence-corrected chi connectivity index (χ4v) is 5.76. The van der Waals surface area contributed by atoms with Crippen LogP contribution in [0.15, 0.2) is 18.2 Å². The molecule has 4 aliphatic rings. The van der Waals surface area contributed by atoms with Gasteiger partial charge in [-0.05, 0) is 30.9 Å². The summed E-state index contributed by atoms with van der Waals surface area (Å²) in [5.41, 5.74) is 1.73. The van der Waals surface area contributed by atoms with Crippen LogP contribution in [0.1, 0.15) is 71.2 Å². The number of amides is 4. The first-order valence-electron chi connectivity index (χ1n) is 11.3. The van der Waals surface area contributed by atoms with E-state index >= 15 is 0 Å². The van der Waals surface area contributed by atoms with Crippen molar-refractivity contribution in [2.24, 2.45) is 0 Å². The molecule has 0 aromatic heterocycles. The average molecular weight is 425 g/mol. The number of hydrogen-bond acceptors (Lipinski definition) is 6. The van der Waals surface area contributed by atoms with E-state index in [9.17, 15) is 19.2 Å². The van der Waals surface area contributed by atoms with Crippen LogP contribution in [0.2, 0.25) is 0 Å². The lowest BCUT2D eigenvalue weighted by atomic mass is 9.78. The molecular formula is C23H28N4O4.